The van der Waals surface area contributed by atoms with E-state index >= 15 is 0 Å². The smallest absolute Gasteiger partial charge is 0.119 e. The van der Waals surface area contributed by atoms with Crippen LogP contribution in [0, 0.1) is 0 Å². The fourth-order valence-electron chi connectivity index (χ4n) is 2.88. The zero-order chi connectivity index (χ0) is 18.5. The van der Waals surface area contributed by atoms with Crippen LogP contribution < -0.4 is 15.8 Å². The third-order valence-electron chi connectivity index (χ3n) is 4.33. The van der Waals surface area contributed by atoms with E-state index in [1.54, 1.807) is 4.68 Å². The van der Waals surface area contributed by atoms with Gasteiger partial charge in [-0.1, -0.05) is 53.8 Å². The van der Waals surface area contributed by atoms with Crippen molar-refractivity contribution in [3.8, 4) is 5.75 Å². The molecule has 2 aromatic carbocycles. The van der Waals surface area contributed by atoms with Gasteiger partial charge in [-0.05, 0) is 35.5 Å². The Balaban J connectivity index is 1.37. The van der Waals surface area contributed by atoms with Gasteiger partial charge < -0.3 is 15.8 Å². The van der Waals surface area contributed by atoms with Crippen LogP contribution in [-0.2, 0) is 13.2 Å². The third-order valence-corrected chi connectivity index (χ3v) is 4.33. The van der Waals surface area contributed by atoms with Crippen LogP contribution in [0.2, 0.25) is 0 Å². The zero-order valence-corrected chi connectivity index (χ0v) is 14.8. The van der Waals surface area contributed by atoms with E-state index in [-0.39, 0.29) is 6.17 Å². The van der Waals surface area contributed by atoms with E-state index in [1.165, 1.54) is 0 Å². The summed E-state index contributed by atoms with van der Waals surface area (Å²) < 4.78 is 7.63. The molecular weight excluding hydrogens is 338 g/mol. The maximum Gasteiger partial charge on any atom is 0.119 e. The summed E-state index contributed by atoms with van der Waals surface area (Å²) in [6, 6.07) is 18.2. The van der Waals surface area contributed by atoms with Crippen LogP contribution in [0.4, 0.5) is 0 Å². The van der Waals surface area contributed by atoms with Gasteiger partial charge >= 0.3 is 0 Å². The molecule has 27 heavy (non-hydrogen) atoms. The fourth-order valence-corrected chi connectivity index (χ4v) is 2.88. The van der Waals surface area contributed by atoms with Crippen molar-refractivity contribution >= 4 is 5.57 Å². The zero-order valence-electron chi connectivity index (χ0n) is 14.8. The molecule has 6 nitrogen and oxygen atoms in total. The topological polar surface area (TPSA) is 78.0 Å². The summed E-state index contributed by atoms with van der Waals surface area (Å²) >= 11 is 0. The van der Waals surface area contributed by atoms with Crippen molar-refractivity contribution in [1.82, 2.24) is 20.3 Å². The van der Waals surface area contributed by atoms with Crippen molar-refractivity contribution in [2.24, 2.45) is 5.73 Å². The molecule has 3 aromatic rings. The third kappa shape index (κ3) is 4.24. The maximum absolute atomic E-state index is 6.04. The highest BCUT2D eigenvalue weighted by atomic mass is 16.5. The normalized spacial score (nSPS) is 15.9. The van der Waals surface area contributed by atoms with Gasteiger partial charge in [-0.2, -0.15) is 0 Å². The molecule has 0 amide bonds. The second kappa shape index (κ2) is 7.88. The van der Waals surface area contributed by atoms with Crippen LogP contribution in [0.25, 0.3) is 5.57 Å². The second-order valence-corrected chi connectivity index (χ2v) is 6.35. The predicted molar refractivity (Wildman–Crippen MR) is 105 cm³/mol. The van der Waals surface area contributed by atoms with Crippen molar-refractivity contribution in [3.05, 3.63) is 96.0 Å². The molecule has 4 rings (SSSR count). The maximum atomic E-state index is 6.04. The molecule has 0 bridgehead atoms. The Morgan fingerprint density at radius 2 is 1.85 bits per heavy atom. The first kappa shape index (κ1) is 17.1. The average molecular weight is 359 g/mol. The van der Waals surface area contributed by atoms with Gasteiger partial charge in [-0.15, -0.1) is 5.10 Å². The summed E-state index contributed by atoms with van der Waals surface area (Å²) in [6.07, 6.45) is 7.33. The van der Waals surface area contributed by atoms with Gasteiger partial charge in [-0.25, -0.2) is 4.68 Å². The van der Waals surface area contributed by atoms with E-state index in [9.17, 15) is 0 Å². The summed E-state index contributed by atoms with van der Waals surface area (Å²) in [5.74, 6) is 0.845. The molecular formula is C21H21N5O. The first-order chi connectivity index (χ1) is 13.3. The molecule has 0 aliphatic carbocycles. The molecule has 1 unspecified atom stereocenters. The van der Waals surface area contributed by atoms with Crippen molar-refractivity contribution in [1.29, 1.82) is 0 Å². The number of dihydropyridines is 1. The number of nitrogens with zero attached hydrogens (tertiary/aromatic N) is 3. The second-order valence-electron chi connectivity index (χ2n) is 6.35. The minimum atomic E-state index is -0.263. The standard InChI is InChI=1S/C21H21N5O/c22-21-19(7-4-12-23-21)20-14-26(25-24-20)13-16-8-10-18(11-9-16)27-15-17-5-2-1-3-6-17/h1-12,14,21,23H,13,15,22H2. The fraction of sp³-hybridized carbons (Fsp3) is 0.143. The number of nitrogens with one attached hydrogen (secondary N) is 1. The number of nitrogens with two attached hydrogens (primary N) is 1. The molecule has 1 aliphatic heterocycles. The van der Waals surface area contributed by atoms with Gasteiger partial charge in [0.2, 0.25) is 0 Å². The molecule has 0 saturated heterocycles. The lowest BCUT2D eigenvalue weighted by Crippen LogP contribution is -2.36. The highest BCUT2D eigenvalue weighted by molar-refractivity contribution is 5.68. The van der Waals surface area contributed by atoms with E-state index < -0.39 is 0 Å². The molecule has 6 heteroatoms. The quantitative estimate of drug-likeness (QED) is 0.707. The Kier molecular flexibility index (Phi) is 4.98. The molecule has 1 aromatic heterocycles. The van der Waals surface area contributed by atoms with Crippen LogP contribution in [0.5, 0.6) is 5.75 Å². The van der Waals surface area contributed by atoms with Crippen LogP contribution >= 0.6 is 0 Å². The number of hydrogen-bond acceptors (Lipinski definition) is 5. The highest BCUT2D eigenvalue weighted by Crippen LogP contribution is 2.18. The van der Waals surface area contributed by atoms with Gasteiger partial charge in [0.05, 0.1) is 12.7 Å². The summed E-state index contributed by atoms with van der Waals surface area (Å²) in [4.78, 5) is 0. The molecule has 0 saturated carbocycles. The Hall–Kier alpha value is -3.38. The van der Waals surface area contributed by atoms with Crippen LogP contribution in [0.15, 0.2) is 79.1 Å². The summed E-state index contributed by atoms with van der Waals surface area (Å²) in [6.45, 7) is 1.20. The molecule has 1 aliphatic rings. The molecule has 1 atom stereocenters. The van der Waals surface area contributed by atoms with E-state index in [0.29, 0.717) is 13.2 Å². The Bertz CT molecular complexity index is 944. The van der Waals surface area contributed by atoms with Crippen LogP contribution in [0.1, 0.15) is 16.8 Å². The number of allylic oxidation sites excluding steroid dienone is 2. The minimum absolute atomic E-state index is 0.263. The molecule has 2 heterocycles. The summed E-state index contributed by atoms with van der Waals surface area (Å²) in [5.41, 5.74) is 10.0. The minimum Gasteiger partial charge on any atom is -0.489 e. The lowest BCUT2D eigenvalue weighted by atomic mass is 10.1. The monoisotopic (exact) mass is 359 g/mol. The van der Waals surface area contributed by atoms with Crippen molar-refractivity contribution in [2.75, 3.05) is 0 Å². The molecule has 136 valence electrons. The number of ether oxygens (including phenoxy) is 1. The van der Waals surface area contributed by atoms with Crippen LogP contribution in [0.3, 0.4) is 0 Å². The first-order valence-corrected chi connectivity index (χ1v) is 8.82. The van der Waals surface area contributed by atoms with Gasteiger partial charge in [0.15, 0.2) is 0 Å². The van der Waals surface area contributed by atoms with Crippen molar-refractivity contribution < 1.29 is 4.74 Å². The number of aromatic nitrogens is 3. The SMILES string of the molecule is NC1NC=CC=C1c1cn(Cc2ccc(OCc3ccccc3)cc2)nn1. The number of rotatable bonds is 6. The van der Waals surface area contributed by atoms with Crippen LogP contribution in [-0.4, -0.2) is 21.2 Å². The Morgan fingerprint density at radius 3 is 2.63 bits per heavy atom. The summed E-state index contributed by atoms with van der Waals surface area (Å²) in [7, 11) is 0. The van der Waals surface area contributed by atoms with Gasteiger partial charge in [0, 0.05) is 5.57 Å². The van der Waals surface area contributed by atoms with Gasteiger partial charge in [0.25, 0.3) is 0 Å². The largest absolute Gasteiger partial charge is 0.489 e. The van der Waals surface area contributed by atoms with E-state index in [4.69, 9.17) is 10.5 Å². The first-order valence-electron chi connectivity index (χ1n) is 8.82. The van der Waals surface area contributed by atoms with Crippen molar-refractivity contribution in [2.45, 2.75) is 19.3 Å². The number of hydrogen-bond donors (Lipinski definition) is 2. The Labute approximate surface area is 158 Å². The van der Waals surface area contributed by atoms with E-state index in [1.807, 2.05) is 67.0 Å². The van der Waals surface area contributed by atoms with E-state index in [0.717, 1.165) is 28.1 Å². The highest BCUT2D eigenvalue weighted by Gasteiger charge is 2.15. The molecule has 0 spiro atoms. The molecule has 0 radical (unpaired) electrons. The Morgan fingerprint density at radius 1 is 1.04 bits per heavy atom. The van der Waals surface area contributed by atoms with Gasteiger partial charge in [-0.3, -0.25) is 0 Å². The van der Waals surface area contributed by atoms with E-state index in [2.05, 4.69) is 27.8 Å². The van der Waals surface area contributed by atoms with Crippen molar-refractivity contribution in [3.63, 3.8) is 0 Å². The summed E-state index contributed by atoms with van der Waals surface area (Å²) in [5, 5.41) is 11.5. The lowest BCUT2D eigenvalue weighted by molar-refractivity contribution is 0.306. The predicted octanol–water partition coefficient (Wildman–Crippen LogP) is 2.69. The molecule has 3 N–H and O–H groups in total. The lowest BCUT2D eigenvalue weighted by Gasteiger charge is -2.16. The van der Waals surface area contributed by atoms with Gasteiger partial charge in [0.1, 0.15) is 24.2 Å². The molecule has 0 fully saturated rings. The number of benzene rings is 2. The average Bonchev–Trinajstić information content (AvgIpc) is 3.17.